The molecule has 0 aromatic carbocycles. The maximum absolute atomic E-state index is 14.5. The summed E-state index contributed by atoms with van der Waals surface area (Å²) in [5.74, 6) is -0.570. The standard InChI is InChI=1S/C35H37FN6O5S/c1-6-31(44)38-21(3)19-47-32-13-9-12-30(40-32)39-28-15-23(17-41(5)34(28)45)25(14-20(2)36)27(18-43)22(4)42-35(46)33-26(16-37-42)24-10-7-8-11-29(24)48-33/h6,9,12-17,21,43H,1-2,7-8,10-11,18-19H2,3-5H3,(H,38,44)(H,39,40)/b25-14-,27-22+/t21-/m0/s1. The van der Waals surface area contributed by atoms with Crippen LogP contribution in [0.2, 0.25) is 0 Å². The number of aliphatic hydroxyl groups is 1. The maximum Gasteiger partial charge on any atom is 0.289 e. The minimum atomic E-state index is -0.793. The van der Waals surface area contributed by atoms with E-state index in [4.69, 9.17) is 4.74 Å². The van der Waals surface area contributed by atoms with Crippen molar-refractivity contribution in [1.29, 1.82) is 0 Å². The number of rotatable bonds is 12. The van der Waals surface area contributed by atoms with E-state index >= 15 is 0 Å². The Morgan fingerprint density at radius 3 is 2.75 bits per heavy atom. The van der Waals surface area contributed by atoms with Gasteiger partial charge in [-0.3, -0.25) is 14.4 Å². The molecular weight excluding hydrogens is 635 g/mol. The Morgan fingerprint density at radius 2 is 2.02 bits per heavy atom. The molecule has 0 saturated carbocycles. The molecule has 0 bridgehead atoms. The van der Waals surface area contributed by atoms with Crippen LogP contribution in [0.5, 0.6) is 5.88 Å². The first-order valence-electron chi connectivity index (χ1n) is 15.4. The molecule has 0 unspecified atom stereocenters. The molecule has 0 fully saturated rings. The van der Waals surface area contributed by atoms with Gasteiger partial charge >= 0.3 is 0 Å². The van der Waals surface area contributed by atoms with Gasteiger partial charge in [0.1, 0.15) is 28.6 Å². The fraction of sp³-hybridized carbons (Fsp3) is 0.286. The third-order valence-electron chi connectivity index (χ3n) is 7.98. The number of hydrogen-bond donors (Lipinski definition) is 3. The van der Waals surface area contributed by atoms with Gasteiger partial charge in [-0.05, 0) is 75.0 Å². The van der Waals surface area contributed by atoms with Gasteiger partial charge < -0.3 is 25.0 Å². The number of anilines is 2. The number of fused-ring (bicyclic) bond motifs is 3. The van der Waals surface area contributed by atoms with Crippen molar-refractivity contribution >= 4 is 50.1 Å². The molecule has 4 aromatic heterocycles. The number of aliphatic hydroxyl groups excluding tert-OH is 1. The van der Waals surface area contributed by atoms with Crippen molar-refractivity contribution in [2.45, 2.75) is 45.6 Å². The van der Waals surface area contributed by atoms with Crippen molar-refractivity contribution in [3.63, 3.8) is 0 Å². The number of halogens is 1. The Balaban J connectivity index is 1.50. The first-order valence-corrected chi connectivity index (χ1v) is 16.2. The lowest BCUT2D eigenvalue weighted by Gasteiger charge is -2.18. The Bertz CT molecular complexity index is 2090. The molecule has 1 atom stereocenters. The Morgan fingerprint density at radius 1 is 1.25 bits per heavy atom. The van der Waals surface area contributed by atoms with Gasteiger partial charge in [-0.2, -0.15) is 14.8 Å². The summed E-state index contributed by atoms with van der Waals surface area (Å²) in [5.41, 5.74) is 1.67. The van der Waals surface area contributed by atoms with E-state index < -0.39 is 18.0 Å². The van der Waals surface area contributed by atoms with Crippen LogP contribution in [0.4, 0.5) is 15.9 Å². The van der Waals surface area contributed by atoms with Crippen molar-refractivity contribution in [2.24, 2.45) is 7.05 Å². The molecule has 1 aliphatic carbocycles. The largest absolute Gasteiger partial charge is 0.475 e. The van der Waals surface area contributed by atoms with Crippen LogP contribution in [0.15, 0.2) is 83.0 Å². The summed E-state index contributed by atoms with van der Waals surface area (Å²) >= 11 is 1.48. The van der Waals surface area contributed by atoms with Crippen LogP contribution in [-0.4, -0.2) is 49.6 Å². The molecule has 4 heterocycles. The van der Waals surface area contributed by atoms with Crippen molar-refractivity contribution in [2.75, 3.05) is 18.5 Å². The van der Waals surface area contributed by atoms with E-state index in [1.807, 2.05) is 0 Å². The second-order valence-electron chi connectivity index (χ2n) is 11.5. The number of allylic oxidation sites excluding steroid dienone is 3. The fourth-order valence-electron chi connectivity index (χ4n) is 5.62. The van der Waals surface area contributed by atoms with E-state index in [9.17, 15) is 23.9 Å². The molecule has 5 rings (SSSR count). The zero-order chi connectivity index (χ0) is 34.5. The molecule has 48 heavy (non-hydrogen) atoms. The number of ether oxygens (including phenoxy) is 1. The first kappa shape index (κ1) is 34.2. The second-order valence-corrected chi connectivity index (χ2v) is 12.6. The third-order valence-corrected chi connectivity index (χ3v) is 9.27. The average Bonchev–Trinajstić information content (AvgIpc) is 3.45. The normalized spacial score (nSPS) is 14.1. The lowest BCUT2D eigenvalue weighted by Crippen LogP contribution is -2.35. The number of nitrogens with one attached hydrogen (secondary N) is 2. The smallest absolute Gasteiger partial charge is 0.289 e. The molecule has 250 valence electrons. The highest BCUT2D eigenvalue weighted by Crippen LogP contribution is 2.35. The topological polar surface area (TPSA) is 140 Å². The van der Waals surface area contributed by atoms with E-state index in [2.05, 4.69) is 33.9 Å². The van der Waals surface area contributed by atoms with Crippen LogP contribution in [-0.2, 0) is 24.7 Å². The number of thiophene rings is 1. The van der Waals surface area contributed by atoms with Gasteiger partial charge in [-0.1, -0.05) is 19.2 Å². The number of aromatic nitrogens is 4. The summed E-state index contributed by atoms with van der Waals surface area (Å²) in [4.78, 5) is 44.1. The maximum atomic E-state index is 14.5. The second kappa shape index (κ2) is 14.7. The summed E-state index contributed by atoms with van der Waals surface area (Å²) in [7, 11) is 1.54. The van der Waals surface area contributed by atoms with Gasteiger partial charge in [-0.15, -0.1) is 11.3 Å². The number of hydrogen-bond acceptors (Lipinski definition) is 9. The van der Waals surface area contributed by atoms with Gasteiger partial charge in [-0.25, -0.2) is 4.39 Å². The summed E-state index contributed by atoms with van der Waals surface area (Å²) in [6.45, 7) is 9.81. The number of aryl methyl sites for hydroxylation is 3. The van der Waals surface area contributed by atoms with Crippen LogP contribution in [0.3, 0.4) is 0 Å². The van der Waals surface area contributed by atoms with Crippen LogP contribution < -0.4 is 26.5 Å². The summed E-state index contributed by atoms with van der Waals surface area (Å²) in [6, 6.07) is 6.16. The molecule has 0 radical (unpaired) electrons. The van der Waals surface area contributed by atoms with Crippen molar-refractivity contribution in [3.05, 3.63) is 110 Å². The lowest BCUT2D eigenvalue weighted by atomic mass is 9.96. The molecule has 4 aromatic rings. The van der Waals surface area contributed by atoms with Crippen LogP contribution in [0, 0.1) is 0 Å². The molecular formula is C35H37FN6O5S. The minimum Gasteiger partial charge on any atom is -0.475 e. The highest BCUT2D eigenvalue weighted by Gasteiger charge is 2.22. The molecule has 0 aliphatic heterocycles. The van der Waals surface area contributed by atoms with Gasteiger partial charge in [0.15, 0.2) is 0 Å². The van der Waals surface area contributed by atoms with Crippen LogP contribution in [0.25, 0.3) is 21.4 Å². The predicted octanol–water partition coefficient (Wildman–Crippen LogP) is 5.03. The molecule has 1 aliphatic rings. The zero-order valence-electron chi connectivity index (χ0n) is 27.0. The van der Waals surface area contributed by atoms with E-state index in [0.29, 0.717) is 21.8 Å². The monoisotopic (exact) mass is 672 g/mol. The number of carbonyl (C=O) groups is 1. The number of carbonyl (C=O) groups excluding carboxylic acids is 1. The Hall–Kier alpha value is -5.14. The van der Waals surface area contributed by atoms with Crippen LogP contribution in [0.1, 0.15) is 42.7 Å². The van der Waals surface area contributed by atoms with Gasteiger partial charge in [0.2, 0.25) is 11.8 Å². The summed E-state index contributed by atoms with van der Waals surface area (Å²) in [6.07, 6.45) is 9.50. The van der Waals surface area contributed by atoms with Crippen LogP contribution >= 0.6 is 11.3 Å². The van der Waals surface area contributed by atoms with Gasteiger partial charge in [0.25, 0.3) is 11.1 Å². The summed E-state index contributed by atoms with van der Waals surface area (Å²) in [5, 5.41) is 21.6. The molecule has 11 nitrogen and oxygen atoms in total. The van der Waals surface area contributed by atoms with Crippen molar-refractivity contribution in [1.82, 2.24) is 24.6 Å². The molecule has 1 amide bonds. The number of pyridine rings is 2. The van der Waals surface area contributed by atoms with Gasteiger partial charge in [0, 0.05) is 46.4 Å². The predicted molar refractivity (Wildman–Crippen MR) is 187 cm³/mol. The quantitative estimate of drug-likeness (QED) is 0.141. The zero-order valence-corrected chi connectivity index (χ0v) is 27.8. The average molecular weight is 673 g/mol. The molecule has 0 saturated heterocycles. The lowest BCUT2D eigenvalue weighted by molar-refractivity contribution is -0.117. The molecule has 3 N–H and O–H groups in total. The van der Waals surface area contributed by atoms with Gasteiger partial charge in [0.05, 0.1) is 18.8 Å². The fourth-order valence-corrected chi connectivity index (χ4v) is 6.91. The first-order chi connectivity index (χ1) is 23.0. The summed E-state index contributed by atoms with van der Waals surface area (Å²) < 4.78 is 23.4. The minimum absolute atomic E-state index is 0.109. The Kier molecular flexibility index (Phi) is 10.5. The highest BCUT2D eigenvalue weighted by atomic mass is 32.1. The highest BCUT2D eigenvalue weighted by molar-refractivity contribution is 7.19. The van der Waals surface area contributed by atoms with Crippen molar-refractivity contribution < 1.29 is 19.0 Å². The van der Waals surface area contributed by atoms with E-state index in [-0.39, 0.29) is 46.8 Å². The number of amides is 1. The number of nitrogens with zero attached hydrogens (tertiary/aromatic N) is 4. The molecule has 0 spiro atoms. The van der Waals surface area contributed by atoms with Crippen molar-refractivity contribution in [3.8, 4) is 5.88 Å². The Labute approximate surface area is 280 Å². The van der Waals surface area contributed by atoms with E-state index in [0.717, 1.165) is 37.1 Å². The van der Waals surface area contributed by atoms with E-state index in [1.165, 1.54) is 49.4 Å². The third kappa shape index (κ3) is 7.37. The SMILES string of the molecule is C=CC(=O)N[C@@H](C)COc1cccc(Nc2cc(C(=C/C(=C)F)/C(CO)=C(\C)n3ncc4c5c(sc4c3=O)CCCC5)cn(C)c2=O)n1. The van der Waals surface area contributed by atoms with E-state index in [1.54, 1.807) is 45.3 Å². The molecule has 13 heteroatoms.